The third kappa shape index (κ3) is 5.32. The number of hydrogen-bond donors (Lipinski definition) is 0. The monoisotopic (exact) mass is 375 g/mol. The van der Waals surface area contributed by atoms with Gasteiger partial charge >= 0.3 is 6.09 Å². The minimum Gasteiger partial charge on any atom is -0.450 e. The Bertz CT molecular complexity index is 611. The van der Waals surface area contributed by atoms with Crippen LogP contribution < -0.4 is 4.90 Å². The zero-order chi connectivity index (χ0) is 19.1. The molecule has 0 unspecified atom stereocenters. The molecule has 2 saturated heterocycles. The number of piperazine rings is 2. The van der Waals surface area contributed by atoms with Crippen LogP contribution in [-0.2, 0) is 9.53 Å². The van der Waals surface area contributed by atoms with Crippen LogP contribution in [0.2, 0.25) is 0 Å². The van der Waals surface area contributed by atoms with Crippen LogP contribution in [0.15, 0.2) is 24.4 Å². The second-order valence-electron chi connectivity index (χ2n) is 6.83. The summed E-state index contributed by atoms with van der Waals surface area (Å²) < 4.78 is 5.03. The average molecular weight is 375 g/mol. The largest absolute Gasteiger partial charge is 0.450 e. The first-order chi connectivity index (χ1) is 13.2. The number of ether oxygens (including phenoxy) is 1. The molecule has 0 aliphatic carbocycles. The third-order valence-corrected chi connectivity index (χ3v) is 5.15. The van der Waals surface area contributed by atoms with Gasteiger partial charge in [0.25, 0.3) is 0 Å². The molecule has 1 aromatic rings. The van der Waals surface area contributed by atoms with Crippen LogP contribution in [0, 0.1) is 0 Å². The SMILES string of the molecule is CCOC(=O)N1CCN(CCC(=O)N2CCN(c3ccccn3)CC2)CC1. The van der Waals surface area contributed by atoms with Gasteiger partial charge in [-0.05, 0) is 19.1 Å². The maximum absolute atomic E-state index is 12.5. The summed E-state index contributed by atoms with van der Waals surface area (Å²) >= 11 is 0. The number of aromatic nitrogens is 1. The molecule has 2 aliphatic heterocycles. The van der Waals surface area contributed by atoms with Crippen LogP contribution in [0.4, 0.5) is 10.6 Å². The minimum atomic E-state index is -0.237. The van der Waals surface area contributed by atoms with Gasteiger partial charge in [-0.3, -0.25) is 9.69 Å². The Kier molecular flexibility index (Phi) is 6.86. The first-order valence-corrected chi connectivity index (χ1v) is 9.75. The van der Waals surface area contributed by atoms with Crippen molar-refractivity contribution in [1.82, 2.24) is 19.7 Å². The highest BCUT2D eigenvalue weighted by Gasteiger charge is 2.24. The predicted octanol–water partition coefficient (Wildman–Crippen LogP) is 0.894. The Morgan fingerprint density at radius 3 is 2.33 bits per heavy atom. The van der Waals surface area contributed by atoms with Gasteiger partial charge in [0.2, 0.25) is 5.91 Å². The van der Waals surface area contributed by atoms with E-state index in [1.165, 1.54) is 0 Å². The first-order valence-electron chi connectivity index (χ1n) is 9.75. The summed E-state index contributed by atoms with van der Waals surface area (Å²) in [5.41, 5.74) is 0. The zero-order valence-electron chi connectivity index (χ0n) is 16.0. The Hall–Kier alpha value is -2.35. The minimum absolute atomic E-state index is 0.212. The Balaban J connectivity index is 1.35. The number of anilines is 1. The van der Waals surface area contributed by atoms with Crippen molar-refractivity contribution in [3.8, 4) is 0 Å². The summed E-state index contributed by atoms with van der Waals surface area (Å²) in [6, 6.07) is 5.91. The number of carbonyl (C=O) groups excluding carboxylic acids is 2. The van der Waals surface area contributed by atoms with E-state index in [2.05, 4.69) is 14.8 Å². The van der Waals surface area contributed by atoms with Crippen LogP contribution in [0.25, 0.3) is 0 Å². The molecule has 0 spiro atoms. The van der Waals surface area contributed by atoms with E-state index in [-0.39, 0.29) is 12.0 Å². The summed E-state index contributed by atoms with van der Waals surface area (Å²) in [6.45, 7) is 9.00. The van der Waals surface area contributed by atoms with Gasteiger partial charge in [0.05, 0.1) is 6.61 Å². The van der Waals surface area contributed by atoms with E-state index < -0.39 is 0 Å². The van der Waals surface area contributed by atoms with E-state index in [9.17, 15) is 9.59 Å². The van der Waals surface area contributed by atoms with E-state index in [4.69, 9.17) is 4.74 Å². The molecule has 2 aliphatic rings. The fourth-order valence-electron chi connectivity index (χ4n) is 3.51. The van der Waals surface area contributed by atoms with Gasteiger partial charge in [0, 0.05) is 71.5 Å². The van der Waals surface area contributed by atoms with Gasteiger partial charge in [-0.15, -0.1) is 0 Å². The molecule has 0 atom stereocenters. The van der Waals surface area contributed by atoms with E-state index >= 15 is 0 Å². The molecule has 27 heavy (non-hydrogen) atoms. The number of nitrogens with zero attached hydrogens (tertiary/aromatic N) is 5. The molecular weight excluding hydrogens is 346 g/mol. The van der Waals surface area contributed by atoms with Gasteiger partial charge in [0.15, 0.2) is 0 Å². The molecular formula is C19H29N5O3. The Morgan fingerprint density at radius 2 is 1.70 bits per heavy atom. The lowest BCUT2D eigenvalue weighted by Crippen LogP contribution is -2.51. The van der Waals surface area contributed by atoms with Crippen molar-refractivity contribution in [3.05, 3.63) is 24.4 Å². The van der Waals surface area contributed by atoms with Crippen LogP contribution in [0.5, 0.6) is 0 Å². The summed E-state index contributed by atoms with van der Waals surface area (Å²) in [6.07, 6.45) is 2.09. The molecule has 0 N–H and O–H groups in total. The van der Waals surface area contributed by atoms with Crippen LogP contribution in [0.3, 0.4) is 0 Å². The number of hydrogen-bond acceptors (Lipinski definition) is 6. The first kappa shape index (κ1) is 19.4. The Morgan fingerprint density at radius 1 is 1.00 bits per heavy atom. The number of carbonyl (C=O) groups is 2. The van der Waals surface area contributed by atoms with Gasteiger partial charge in [-0.1, -0.05) is 6.07 Å². The van der Waals surface area contributed by atoms with Crippen molar-refractivity contribution >= 4 is 17.8 Å². The van der Waals surface area contributed by atoms with Gasteiger partial charge in [0.1, 0.15) is 5.82 Å². The molecule has 0 saturated carbocycles. The standard InChI is InChI=1S/C19H29N5O3/c1-2-27-19(26)24-11-9-21(10-12-24)8-6-18(25)23-15-13-22(14-16-23)17-5-3-4-7-20-17/h3-5,7H,2,6,8-16H2,1H3. The molecule has 8 heteroatoms. The molecule has 2 amide bonds. The normalized spacial score (nSPS) is 18.5. The Labute approximate surface area is 160 Å². The third-order valence-electron chi connectivity index (χ3n) is 5.15. The molecule has 148 valence electrons. The van der Waals surface area contributed by atoms with Crippen molar-refractivity contribution in [2.24, 2.45) is 0 Å². The molecule has 1 aromatic heterocycles. The highest BCUT2D eigenvalue weighted by molar-refractivity contribution is 5.76. The van der Waals surface area contributed by atoms with Crippen LogP contribution >= 0.6 is 0 Å². The van der Waals surface area contributed by atoms with E-state index in [1.807, 2.05) is 30.0 Å². The molecule has 3 rings (SSSR count). The lowest BCUT2D eigenvalue weighted by Gasteiger charge is -2.36. The summed E-state index contributed by atoms with van der Waals surface area (Å²) in [7, 11) is 0. The summed E-state index contributed by atoms with van der Waals surface area (Å²) in [4.78, 5) is 36.8. The maximum Gasteiger partial charge on any atom is 0.409 e. The van der Waals surface area contributed by atoms with Crippen molar-refractivity contribution < 1.29 is 14.3 Å². The lowest BCUT2D eigenvalue weighted by atomic mass is 10.2. The van der Waals surface area contributed by atoms with E-state index in [0.717, 1.165) is 51.6 Å². The lowest BCUT2D eigenvalue weighted by molar-refractivity contribution is -0.131. The van der Waals surface area contributed by atoms with Crippen molar-refractivity contribution in [1.29, 1.82) is 0 Å². The van der Waals surface area contributed by atoms with Crippen molar-refractivity contribution in [3.63, 3.8) is 0 Å². The summed E-state index contributed by atoms with van der Waals surface area (Å²) in [5, 5.41) is 0. The fourth-order valence-corrected chi connectivity index (χ4v) is 3.51. The van der Waals surface area contributed by atoms with Gasteiger partial charge in [-0.25, -0.2) is 9.78 Å². The quantitative estimate of drug-likeness (QED) is 0.762. The molecule has 0 aromatic carbocycles. The van der Waals surface area contributed by atoms with E-state index in [1.54, 1.807) is 11.1 Å². The number of rotatable bonds is 5. The van der Waals surface area contributed by atoms with E-state index in [0.29, 0.717) is 26.1 Å². The van der Waals surface area contributed by atoms with Gasteiger partial charge < -0.3 is 19.4 Å². The van der Waals surface area contributed by atoms with Gasteiger partial charge in [-0.2, -0.15) is 0 Å². The molecule has 2 fully saturated rings. The highest BCUT2D eigenvalue weighted by Crippen LogP contribution is 2.13. The zero-order valence-corrected chi connectivity index (χ0v) is 16.0. The topological polar surface area (TPSA) is 69.2 Å². The average Bonchev–Trinajstić information content (AvgIpc) is 2.73. The van der Waals surface area contributed by atoms with Crippen molar-refractivity contribution in [2.45, 2.75) is 13.3 Å². The molecule has 8 nitrogen and oxygen atoms in total. The van der Waals surface area contributed by atoms with Crippen LogP contribution in [0.1, 0.15) is 13.3 Å². The fraction of sp³-hybridized carbons (Fsp3) is 0.632. The van der Waals surface area contributed by atoms with Crippen molar-refractivity contribution in [2.75, 3.05) is 70.4 Å². The second kappa shape index (κ2) is 9.55. The smallest absolute Gasteiger partial charge is 0.409 e. The molecule has 3 heterocycles. The molecule has 0 bridgehead atoms. The van der Waals surface area contributed by atoms with Crippen LogP contribution in [-0.4, -0.2) is 97.2 Å². The molecule has 0 radical (unpaired) electrons. The predicted molar refractivity (Wildman–Crippen MR) is 103 cm³/mol. The number of amides is 2. The number of pyridine rings is 1. The maximum atomic E-state index is 12.5. The highest BCUT2D eigenvalue weighted by atomic mass is 16.6. The summed E-state index contributed by atoms with van der Waals surface area (Å²) in [5.74, 6) is 1.19. The second-order valence-corrected chi connectivity index (χ2v) is 6.83.